The Bertz CT molecular complexity index is 3070. The van der Waals surface area contributed by atoms with Crippen LogP contribution in [0.3, 0.4) is 0 Å². The summed E-state index contributed by atoms with van der Waals surface area (Å²) in [5.41, 5.74) is 5.08. The van der Waals surface area contributed by atoms with Crippen LogP contribution in [0.25, 0.3) is 11.0 Å². The van der Waals surface area contributed by atoms with Gasteiger partial charge in [-0.1, -0.05) is 57.4 Å². The first-order valence-corrected chi connectivity index (χ1v) is 34.3. The van der Waals surface area contributed by atoms with Crippen LogP contribution in [-0.2, 0) is 92.2 Å². The fourth-order valence-corrected chi connectivity index (χ4v) is 17.9. The van der Waals surface area contributed by atoms with Crippen molar-refractivity contribution in [2.75, 3.05) is 67.1 Å². The van der Waals surface area contributed by atoms with E-state index in [2.05, 4.69) is 26.7 Å². The molecule has 0 radical (unpaired) electrons. The summed E-state index contributed by atoms with van der Waals surface area (Å²) in [7, 11) is -5.08. The molecule has 0 unspecified atom stereocenters. The minimum absolute atomic E-state index is 0.0119. The van der Waals surface area contributed by atoms with Crippen LogP contribution in [-0.4, -0.2) is 166 Å². The van der Waals surface area contributed by atoms with Crippen molar-refractivity contribution in [1.82, 2.24) is 29.2 Å². The Morgan fingerprint density at radius 3 is 1.41 bits per heavy atom. The predicted molar refractivity (Wildman–Crippen MR) is 320 cm³/mol. The van der Waals surface area contributed by atoms with Crippen molar-refractivity contribution in [3.63, 3.8) is 0 Å². The molecule has 24 nitrogen and oxygen atoms in total. The minimum Gasteiger partial charge on any atom is -0.481 e. The Morgan fingerprint density at radius 1 is 0.655 bits per heavy atom. The quantitative estimate of drug-likeness (QED) is 0.0376. The summed E-state index contributed by atoms with van der Waals surface area (Å²) in [5.74, 6) is -1.87. The first-order chi connectivity index (χ1) is 41.5. The maximum atomic E-state index is 14.1. The lowest BCUT2D eigenvalue weighted by Gasteiger charge is -2.38. The molecule has 2 aliphatic carbocycles. The number of hydrogen-bond donors (Lipinski definition) is 1. The molecule has 0 bridgehead atoms. The monoisotopic (exact) mass is 1300 g/mol. The van der Waals surface area contributed by atoms with Crippen molar-refractivity contribution in [2.45, 2.75) is 204 Å². The van der Waals surface area contributed by atoms with Crippen LogP contribution in [0.2, 0.25) is 10.6 Å². The average molecular weight is 1300 g/mol. The maximum absolute atomic E-state index is 14.1. The van der Waals surface area contributed by atoms with Crippen LogP contribution in [0.5, 0.6) is 0 Å². The molecule has 10 atom stereocenters. The zero-order chi connectivity index (χ0) is 62.5. The van der Waals surface area contributed by atoms with Gasteiger partial charge in [0, 0.05) is 20.6 Å². The van der Waals surface area contributed by atoms with Gasteiger partial charge < -0.3 is 70.6 Å². The molecule has 4 aromatic heterocycles. The van der Waals surface area contributed by atoms with Crippen molar-refractivity contribution >= 4 is 55.4 Å². The van der Waals surface area contributed by atoms with Crippen molar-refractivity contribution in [3.8, 4) is 0 Å². The number of nitrogens with zero attached hydrogens (tertiary/aromatic N) is 6. The number of aliphatic carboxylic acids is 1. The Balaban J connectivity index is 0.000000208. The number of halogens is 2. The summed E-state index contributed by atoms with van der Waals surface area (Å²) in [4.78, 5) is 21.2. The van der Waals surface area contributed by atoms with Crippen molar-refractivity contribution < 1.29 is 84.5 Å². The van der Waals surface area contributed by atoms with Gasteiger partial charge in [-0.15, -0.1) is 16.8 Å². The van der Waals surface area contributed by atoms with Crippen molar-refractivity contribution in [3.05, 3.63) is 70.3 Å². The fraction of sp³-hybridized carbons (Fsp3) is 0.746. The molecule has 4 aromatic rings. The number of carboxylic acids is 1. The normalized spacial score (nSPS) is 26.9. The molecule has 87 heavy (non-hydrogen) atoms. The summed E-state index contributed by atoms with van der Waals surface area (Å²) in [5, 5.41) is 15.9. The van der Waals surface area contributed by atoms with E-state index in [0.29, 0.717) is 17.5 Å². The molecule has 4 saturated heterocycles. The highest BCUT2D eigenvalue weighted by Gasteiger charge is 2.61. The average Bonchev–Trinajstić information content (AvgIpc) is 1.66. The van der Waals surface area contributed by atoms with Crippen molar-refractivity contribution in [2.24, 2.45) is 11.8 Å². The number of hydrogen-bond acceptors (Lipinski definition) is 21. The second-order valence-corrected chi connectivity index (χ2v) is 29.2. The first-order valence-electron chi connectivity index (χ1n) is 30.5. The molecule has 0 aromatic carbocycles. The zero-order valence-electron chi connectivity index (χ0n) is 51.7. The second kappa shape index (κ2) is 28.8. The molecule has 0 spiro atoms. The van der Waals surface area contributed by atoms with E-state index >= 15 is 0 Å². The van der Waals surface area contributed by atoms with E-state index in [1.165, 1.54) is 65.6 Å². The van der Waals surface area contributed by atoms with E-state index in [4.69, 9.17) is 88.7 Å². The van der Waals surface area contributed by atoms with Crippen molar-refractivity contribution in [1.29, 1.82) is 0 Å². The third-order valence-corrected chi connectivity index (χ3v) is 22.4. The van der Waals surface area contributed by atoms with E-state index in [-0.39, 0.29) is 69.8 Å². The van der Waals surface area contributed by atoms with Gasteiger partial charge in [0.1, 0.15) is 48.8 Å². The van der Waals surface area contributed by atoms with Crippen LogP contribution < -0.4 is 0 Å². The summed E-state index contributed by atoms with van der Waals surface area (Å²) < 4.78 is 116. The molecule has 0 amide bonds. The topological polar surface area (TPSA) is 261 Å². The molecule has 28 heteroatoms. The number of carbonyl (C=O) groups is 1. The van der Waals surface area contributed by atoms with Gasteiger partial charge in [0.2, 0.25) is 15.9 Å². The van der Waals surface area contributed by atoms with Gasteiger partial charge in [-0.3, -0.25) is 13.9 Å². The number of rotatable bonds is 30. The Kier molecular flexibility index (Phi) is 22.6. The zero-order valence-corrected chi connectivity index (χ0v) is 55.0. The minimum atomic E-state index is -4.15. The lowest BCUT2D eigenvalue weighted by molar-refractivity contribution is -0.198. The molecular formula is C59H88Cl2N6O18P2. The Hall–Kier alpha value is -3.07. The molecule has 1 N–H and O–H groups in total. The largest absolute Gasteiger partial charge is 0.481 e. The fourth-order valence-electron chi connectivity index (χ4n) is 13.4. The highest BCUT2D eigenvalue weighted by atomic mass is 35.5. The SMILES string of the molecule is C=CC[C@](COC)(OC[C@H]1O[C@H](c2ccc3c(CC4CCCC4)nc(Cl)nn23)[C@@H]2OC(C)(C)O[C@@H]21)P(=O)(OCC)OCC.CCOP(=O)(OCC)[C@](COC)(CC(=O)O)OC[C@H]1O[C@H](c2ccc3c(CC4CCCC4)nc(Cl)nn23)[C@@H]2OC(C)(C)O[C@@H]21. The number of ether oxygens (including phenoxy) is 10. The predicted octanol–water partition coefficient (Wildman–Crippen LogP) is 11.5. The van der Waals surface area contributed by atoms with Gasteiger partial charge in [-0.2, -0.15) is 0 Å². The highest BCUT2D eigenvalue weighted by molar-refractivity contribution is 7.55. The second-order valence-electron chi connectivity index (χ2n) is 23.9. The van der Waals surface area contributed by atoms with E-state index in [1.54, 1.807) is 38.3 Å². The lowest BCUT2D eigenvalue weighted by Crippen LogP contribution is -2.44. The Labute approximate surface area is 519 Å². The first kappa shape index (κ1) is 68.3. The standard InChI is InChI=1S/C30H45ClN3O8P.C29H43ClN3O10P/c1-7-16-30(19-36-6,43(35,38-8-2)39-9-3)37-18-24-26-27(42-29(4,5)41-26)25(40-24)23-15-14-22-21(17-20-12-10-11-13-20)32-28(31)33-34(22)23;1-6-39-44(36,40-7-2)29(17-37-5,15-23(34)35)38-16-22-25-26(43-28(3,4)42-25)24(41-22)21-13-12-20-19(14-18-10-8-9-11-18)31-27(30)32-33(20)21/h7,14-15,20,24-27H,1,8-13,16-19H2,2-6H3;12-13,18,22,24-26H,6-11,14-17H2,1-5H3,(H,34,35)/t24-,25-,26-,27+,30+;22-,24-,25-,26+,29+/m11/s1. The molecule has 2 saturated carbocycles. The molecular weight excluding hydrogens is 1210 g/mol. The molecule has 10 rings (SSSR count). The van der Waals surface area contributed by atoms with Gasteiger partial charge in [0.15, 0.2) is 16.9 Å². The van der Waals surface area contributed by atoms with Gasteiger partial charge in [0.05, 0.1) is 93.1 Å². The third kappa shape index (κ3) is 14.7. The molecule has 6 fully saturated rings. The van der Waals surface area contributed by atoms with E-state index in [0.717, 1.165) is 41.0 Å². The third-order valence-electron chi connectivity index (χ3n) is 16.8. The lowest BCUT2D eigenvalue weighted by atomic mass is 10.0. The smallest absolute Gasteiger partial charge is 0.365 e. The van der Waals surface area contributed by atoms with Gasteiger partial charge >= 0.3 is 21.2 Å². The number of aromatic nitrogens is 6. The number of fused-ring (bicyclic) bond motifs is 4. The number of methoxy groups -OCH3 is 2. The van der Waals surface area contributed by atoms with Crippen LogP contribution >= 0.6 is 38.4 Å². The van der Waals surface area contributed by atoms with Gasteiger partial charge in [-0.25, -0.2) is 19.0 Å². The molecule has 8 heterocycles. The maximum Gasteiger partial charge on any atom is 0.365 e. The summed E-state index contributed by atoms with van der Waals surface area (Å²) >= 11 is 12.9. The van der Waals surface area contributed by atoms with Crippen LogP contribution in [0, 0.1) is 11.8 Å². The molecule has 6 aliphatic rings. The summed E-state index contributed by atoms with van der Waals surface area (Å²) in [6, 6.07) is 7.91. The Morgan fingerprint density at radius 2 is 1.03 bits per heavy atom. The van der Waals surface area contributed by atoms with Crippen LogP contribution in [0.1, 0.15) is 155 Å². The van der Waals surface area contributed by atoms with E-state index in [9.17, 15) is 19.0 Å². The van der Waals surface area contributed by atoms with Gasteiger partial charge in [0.25, 0.3) is 0 Å². The summed E-state index contributed by atoms with van der Waals surface area (Å²) in [6.45, 7) is 17.8. The van der Waals surface area contributed by atoms with E-state index in [1.807, 2.05) is 56.5 Å². The van der Waals surface area contributed by atoms with Crippen LogP contribution in [0.4, 0.5) is 0 Å². The summed E-state index contributed by atoms with van der Waals surface area (Å²) in [6.07, 6.45) is 7.96. The van der Waals surface area contributed by atoms with E-state index < -0.39 is 98.7 Å². The molecule has 4 aliphatic heterocycles. The van der Waals surface area contributed by atoms with Gasteiger partial charge in [-0.05, 0) is 128 Å². The molecule has 486 valence electrons. The highest BCUT2D eigenvalue weighted by Crippen LogP contribution is 2.64. The van der Waals surface area contributed by atoms with Crippen LogP contribution in [0.15, 0.2) is 36.9 Å². The number of carboxylic acid groups (broad SMARTS) is 1.